The molecule has 0 aliphatic carbocycles. The van der Waals surface area contributed by atoms with E-state index in [1.165, 1.54) is 0 Å². The largest absolute Gasteiger partial charge is 0.458 e. The number of hydrogen-bond donors (Lipinski definition) is 0. The predicted molar refractivity (Wildman–Crippen MR) is 122 cm³/mol. The smallest absolute Gasteiger partial charge is 0.329 e. The van der Waals surface area contributed by atoms with Gasteiger partial charge in [-0.05, 0) is 55.7 Å². The van der Waals surface area contributed by atoms with Crippen LogP contribution in [0.2, 0.25) is 5.02 Å². The SMILES string of the molecule is CC(C)(C)OC(=O)[C@H]1Cc2cc(Cl)ccc2N1C(c1ccccc1)c1ccccc1. The zero-order chi connectivity index (χ0) is 21.3. The van der Waals surface area contributed by atoms with Crippen molar-refractivity contribution in [2.45, 2.75) is 44.9 Å². The van der Waals surface area contributed by atoms with Gasteiger partial charge >= 0.3 is 5.97 Å². The number of ether oxygens (including phenoxy) is 1. The molecule has 1 aliphatic rings. The van der Waals surface area contributed by atoms with E-state index in [-0.39, 0.29) is 12.0 Å². The van der Waals surface area contributed by atoms with Crippen LogP contribution >= 0.6 is 11.6 Å². The molecule has 0 amide bonds. The predicted octanol–water partition coefficient (Wildman–Crippen LogP) is 6.20. The minimum atomic E-state index is -0.551. The lowest BCUT2D eigenvalue weighted by molar-refractivity contribution is -0.156. The maximum atomic E-state index is 13.3. The number of esters is 1. The number of benzene rings is 3. The number of anilines is 1. The van der Waals surface area contributed by atoms with Crippen molar-refractivity contribution in [3.63, 3.8) is 0 Å². The van der Waals surface area contributed by atoms with E-state index in [2.05, 4.69) is 29.2 Å². The number of halogens is 1. The molecule has 1 atom stereocenters. The summed E-state index contributed by atoms with van der Waals surface area (Å²) in [7, 11) is 0. The van der Waals surface area contributed by atoms with Gasteiger partial charge in [-0.25, -0.2) is 4.79 Å². The Morgan fingerprint density at radius 1 is 0.967 bits per heavy atom. The molecule has 0 unspecified atom stereocenters. The standard InChI is InChI=1S/C26H26ClNO2/c1-26(2,3)30-25(29)23-17-20-16-21(27)14-15-22(20)28(23)24(18-10-6-4-7-11-18)19-12-8-5-9-13-19/h4-16,23-24H,17H2,1-3H3/t23-/m1/s1. The average Bonchev–Trinajstić information content (AvgIpc) is 3.07. The van der Waals surface area contributed by atoms with Crippen molar-refractivity contribution in [2.24, 2.45) is 0 Å². The molecular formula is C26H26ClNO2. The highest BCUT2D eigenvalue weighted by atomic mass is 35.5. The van der Waals surface area contributed by atoms with Gasteiger partial charge in [-0.15, -0.1) is 0 Å². The molecule has 3 nitrogen and oxygen atoms in total. The lowest BCUT2D eigenvalue weighted by Crippen LogP contribution is -2.44. The van der Waals surface area contributed by atoms with Crippen LogP contribution in [0.5, 0.6) is 0 Å². The molecule has 30 heavy (non-hydrogen) atoms. The van der Waals surface area contributed by atoms with E-state index in [1.54, 1.807) is 0 Å². The molecule has 0 fully saturated rings. The number of nitrogens with zero attached hydrogens (tertiary/aromatic N) is 1. The molecule has 4 rings (SSSR count). The third-order valence-corrected chi connectivity index (χ3v) is 5.49. The van der Waals surface area contributed by atoms with E-state index < -0.39 is 11.6 Å². The molecule has 3 aromatic carbocycles. The Morgan fingerprint density at radius 3 is 2.07 bits per heavy atom. The Kier molecular flexibility index (Phi) is 5.57. The Hall–Kier alpha value is -2.78. The number of hydrogen-bond acceptors (Lipinski definition) is 3. The zero-order valence-corrected chi connectivity index (χ0v) is 18.3. The fourth-order valence-electron chi connectivity index (χ4n) is 4.11. The number of carbonyl (C=O) groups is 1. The Morgan fingerprint density at radius 2 is 1.53 bits per heavy atom. The Labute approximate surface area is 183 Å². The summed E-state index contributed by atoms with van der Waals surface area (Å²) in [5.41, 5.74) is 3.78. The second kappa shape index (κ2) is 8.16. The van der Waals surface area contributed by atoms with E-state index in [9.17, 15) is 4.79 Å². The van der Waals surface area contributed by atoms with Crippen LogP contribution in [0.1, 0.15) is 43.5 Å². The molecule has 3 aromatic rings. The van der Waals surface area contributed by atoms with Crippen molar-refractivity contribution >= 4 is 23.3 Å². The van der Waals surface area contributed by atoms with Gasteiger partial charge < -0.3 is 9.64 Å². The molecular weight excluding hydrogens is 394 g/mol. The monoisotopic (exact) mass is 419 g/mol. The first-order valence-electron chi connectivity index (χ1n) is 10.2. The average molecular weight is 420 g/mol. The molecule has 0 saturated carbocycles. The third kappa shape index (κ3) is 4.22. The second-order valence-corrected chi connectivity index (χ2v) is 9.09. The van der Waals surface area contributed by atoms with Crippen LogP contribution in [-0.2, 0) is 16.0 Å². The summed E-state index contributed by atoms with van der Waals surface area (Å²) in [6, 6.07) is 25.9. The maximum Gasteiger partial charge on any atom is 0.329 e. The Bertz CT molecular complexity index is 988. The molecule has 0 aromatic heterocycles. The first-order chi connectivity index (χ1) is 14.3. The molecule has 1 aliphatic heterocycles. The van der Waals surface area contributed by atoms with E-state index >= 15 is 0 Å². The van der Waals surface area contributed by atoms with Crippen LogP contribution in [-0.4, -0.2) is 17.6 Å². The first kappa shape index (κ1) is 20.5. The molecule has 4 heteroatoms. The zero-order valence-electron chi connectivity index (χ0n) is 17.5. The second-order valence-electron chi connectivity index (χ2n) is 8.66. The normalized spacial score (nSPS) is 15.9. The van der Waals surface area contributed by atoms with Crippen LogP contribution in [0, 0.1) is 0 Å². The van der Waals surface area contributed by atoms with Gasteiger partial charge in [-0.3, -0.25) is 0 Å². The van der Waals surface area contributed by atoms with Gasteiger partial charge in [0.25, 0.3) is 0 Å². The van der Waals surface area contributed by atoms with E-state index in [0.29, 0.717) is 11.4 Å². The summed E-state index contributed by atoms with van der Waals surface area (Å²) < 4.78 is 5.82. The van der Waals surface area contributed by atoms with Gasteiger partial charge in [0.2, 0.25) is 0 Å². The van der Waals surface area contributed by atoms with Gasteiger partial charge in [0.05, 0.1) is 6.04 Å². The van der Waals surface area contributed by atoms with Crippen LogP contribution < -0.4 is 4.90 Å². The molecule has 0 saturated heterocycles. The van der Waals surface area contributed by atoms with Crippen LogP contribution in [0.25, 0.3) is 0 Å². The lowest BCUT2D eigenvalue weighted by Gasteiger charge is -2.36. The van der Waals surface area contributed by atoms with Crippen molar-refractivity contribution in [2.75, 3.05) is 4.90 Å². The topological polar surface area (TPSA) is 29.5 Å². The van der Waals surface area contributed by atoms with Crippen LogP contribution in [0.15, 0.2) is 78.9 Å². The van der Waals surface area contributed by atoms with Crippen molar-refractivity contribution in [3.05, 3.63) is 101 Å². The number of carbonyl (C=O) groups excluding carboxylic acids is 1. The van der Waals surface area contributed by atoms with Gasteiger partial charge in [0.1, 0.15) is 11.6 Å². The number of fused-ring (bicyclic) bond motifs is 1. The summed E-state index contributed by atoms with van der Waals surface area (Å²) in [5, 5.41) is 0.675. The quantitative estimate of drug-likeness (QED) is 0.471. The van der Waals surface area contributed by atoms with Gasteiger partial charge in [-0.1, -0.05) is 72.3 Å². The van der Waals surface area contributed by atoms with Gasteiger partial charge in [0.15, 0.2) is 0 Å². The Balaban J connectivity index is 1.86. The van der Waals surface area contributed by atoms with E-state index in [4.69, 9.17) is 16.3 Å². The van der Waals surface area contributed by atoms with Crippen molar-refractivity contribution in [1.29, 1.82) is 0 Å². The summed E-state index contributed by atoms with van der Waals surface area (Å²) in [6.45, 7) is 5.71. The molecule has 0 spiro atoms. The first-order valence-corrected chi connectivity index (χ1v) is 10.6. The minimum absolute atomic E-state index is 0.118. The highest BCUT2D eigenvalue weighted by molar-refractivity contribution is 6.30. The summed E-state index contributed by atoms with van der Waals surface area (Å²) in [5.74, 6) is -0.216. The van der Waals surface area contributed by atoms with Crippen molar-refractivity contribution in [3.8, 4) is 0 Å². The molecule has 154 valence electrons. The maximum absolute atomic E-state index is 13.3. The van der Waals surface area contributed by atoms with Crippen molar-refractivity contribution in [1.82, 2.24) is 0 Å². The third-order valence-electron chi connectivity index (χ3n) is 5.26. The summed E-state index contributed by atoms with van der Waals surface area (Å²) in [4.78, 5) is 15.5. The van der Waals surface area contributed by atoms with E-state index in [1.807, 2.05) is 75.4 Å². The molecule has 1 heterocycles. The lowest BCUT2D eigenvalue weighted by atomic mass is 9.96. The molecule has 0 radical (unpaired) electrons. The van der Waals surface area contributed by atoms with Crippen molar-refractivity contribution < 1.29 is 9.53 Å². The fraction of sp³-hybridized carbons (Fsp3) is 0.269. The highest BCUT2D eigenvalue weighted by Gasteiger charge is 2.41. The van der Waals surface area contributed by atoms with Gasteiger partial charge in [-0.2, -0.15) is 0 Å². The fourth-order valence-corrected chi connectivity index (χ4v) is 4.31. The van der Waals surface area contributed by atoms with Crippen LogP contribution in [0.3, 0.4) is 0 Å². The molecule has 0 N–H and O–H groups in total. The molecule has 0 bridgehead atoms. The summed E-state index contributed by atoms with van der Waals surface area (Å²) >= 11 is 6.28. The highest BCUT2D eigenvalue weighted by Crippen LogP contribution is 2.43. The van der Waals surface area contributed by atoms with Gasteiger partial charge in [0, 0.05) is 17.1 Å². The van der Waals surface area contributed by atoms with Crippen LogP contribution in [0.4, 0.5) is 5.69 Å². The minimum Gasteiger partial charge on any atom is -0.458 e. The van der Waals surface area contributed by atoms with E-state index in [0.717, 1.165) is 22.4 Å². The summed E-state index contributed by atoms with van der Waals surface area (Å²) in [6.07, 6.45) is 0.570. The number of rotatable bonds is 4.